The Morgan fingerprint density at radius 2 is 1.56 bits per heavy atom. The van der Waals surface area contributed by atoms with Crippen LogP contribution in [0.2, 0.25) is 0 Å². The van der Waals surface area contributed by atoms with Gasteiger partial charge in [-0.1, -0.05) is 29.8 Å². The van der Waals surface area contributed by atoms with E-state index in [1.54, 1.807) is 43.5 Å². The molecule has 0 saturated heterocycles. The molecule has 0 fully saturated rings. The topological polar surface area (TPSA) is 92.9 Å². The highest BCUT2D eigenvalue weighted by Gasteiger charge is 2.25. The predicted octanol–water partition coefficient (Wildman–Crippen LogP) is 5.70. The van der Waals surface area contributed by atoms with Gasteiger partial charge in [0.2, 0.25) is 0 Å². The van der Waals surface area contributed by atoms with E-state index in [2.05, 4.69) is 0 Å². The molecule has 3 N–H and O–H groups in total. The van der Waals surface area contributed by atoms with Crippen molar-refractivity contribution in [1.82, 2.24) is 4.90 Å². The van der Waals surface area contributed by atoms with Crippen LogP contribution in [0.15, 0.2) is 78.9 Å². The lowest BCUT2D eigenvalue weighted by atomic mass is 9.94. The Bertz CT molecular complexity index is 1620. The zero-order chi connectivity index (χ0) is 31.3. The van der Waals surface area contributed by atoms with Crippen molar-refractivity contribution < 1.29 is 28.2 Å². The molecule has 0 aliphatic heterocycles. The largest absolute Gasteiger partial charge is 0.497 e. The third-order valence-electron chi connectivity index (χ3n) is 7.31. The van der Waals surface area contributed by atoms with Gasteiger partial charge in [-0.2, -0.15) is 0 Å². The highest BCUT2D eigenvalue weighted by atomic mass is 19.1. The molecule has 0 spiro atoms. The SMILES string of the molecule is COc1cccc(CN(C[C@@H](O)[C@@H](N)Cc2cc(F)cc(F)c2)C(=O)c2cc(C)cc(C(=O)c3cc(C)ccc3C)c2)c1. The molecule has 0 radical (unpaired) electrons. The fourth-order valence-corrected chi connectivity index (χ4v) is 5.06. The number of aliphatic hydroxyl groups is 1. The highest BCUT2D eigenvalue weighted by molar-refractivity contribution is 6.11. The second-order valence-electron chi connectivity index (χ2n) is 11.0. The molecule has 0 unspecified atom stereocenters. The maximum absolute atomic E-state index is 14.0. The molecule has 8 heteroatoms. The highest BCUT2D eigenvalue weighted by Crippen LogP contribution is 2.22. The number of ketones is 1. The van der Waals surface area contributed by atoms with Gasteiger partial charge in [0.15, 0.2) is 5.78 Å². The van der Waals surface area contributed by atoms with Crippen LogP contribution in [0.1, 0.15) is 54.1 Å². The van der Waals surface area contributed by atoms with E-state index < -0.39 is 29.7 Å². The van der Waals surface area contributed by atoms with E-state index in [9.17, 15) is 23.5 Å². The average molecular weight is 587 g/mol. The number of methoxy groups -OCH3 is 1. The predicted molar refractivity (Wildman–Crippen MR) is 162 cm³/mol. The number of nitrogens with zero attached hydrogens (tertiary/aromatic N) is 1. The normalized spacial score (nSPS) is 12.5. The standard InChI is InChI=1S/C35H36F2N2O4/c1-21-8-9-23(3)31(12-21)34(41)26-10-22(2)11-27(17-26)35(42)39(19-24-6-5-7-30(15-24)43-4)20-33(40)32(38)16-25-13-28(36)18-29(37)14-25/h5-15,17-18,32-33,40H,16,19-20,38H2,1-4H3/t32-,33+/m0/s1. The second-order valence-corrected chi connectivity index (χ2v) is 11.0. The van der Waals surface area contributed by atoms with Gasteiger partial charge in [0.1, 0.15) is 17.4 Å². The number of amides is 1. The molecule has 43 heavy (non-hydrogen) atoms. The summed E-state index contributed by atoms with van der Waals surface area (Å²) in [5.74, 6) is -1.48. The molecular formula is C35H36F2N2O4. The van der Waals surface area contributed by atoms with E-state index in [-0.39, 0.29) is 30.9 Å². The second kappa shape index (κ2) is 13.7. The van der Waals surface area contributed by atoms with Crippen LogP contribution in [0.5, 0.6) is 5.75 Å². The number of ether oxygens (including phenoxy) is 1. The van der Waals surface area contributed by atoms with Crippen LogP contribution in [-0.4, -0.2) is 47.5 Å². The zero-order valence-corrected chi connectivity index (χ0v) is 24.7. The van der Waals surface area contributed by atoms with Gasteiger partial charge in [-0.05, 0) is 98.0 Å². The molecule has 1 amide bonds. The molecule has 224 valence electrons. The number of aryl methyl sites for hydroxylation is 3. The van der Waals surface area contributed by atoms with Gasteiger partial charge in [-0.3, -0.25) is 9.59 Å². The Morgan fingerprint density at radius 3 is 2.26 bits per heavy atom. The van der Waals surface area contributed by atoms with Gasteiger partial charge < -0.3 is 20.5 Å². The van der Waals surface area contributed by atoms with Gasteiger partial charge in [-0.25, -0.2) is 8.78 Å². The lowest BCUT2D eigenvalue weighted by Gasteiger charge is -2.29. The minimum absolute atomic E-state index is 0.00399. The van der Waals surface area contributed by atoms with E-state index in [1.807, 2.05) is 45.0 Å². The first-order chi connectivity index (χ1) is 20.4. The maximum Gasteiger partial charge on any atom is 0.254 e. The van der Waals surface area contributed by atoms with Gasteiger partial charge in [0, 0.05) is 41.9 Å². The summed E-state index contributed by atoms with van der Waals surface area (Å²) in [5.41, 5.74) is 11.0. The summed E-state index contributed by atoms with van der Waals surface area (Å²) in [6.45, 7) is 5.55. The number of rotatable bonds is 11. The van der Waals surface area contributed by atoms with Crippen LogP contribution >= 0.6 is 0 Å². The van der Waals surface area contributed by atoms with E-state index in [4.69, 9.17) is 10.5 Å². The van der Waals surface area contributed by atoms with Crippen molar-refractivity contribution in [2.45, 2.75) is 45.9 Å². The summed E-state index contributed by atoms with van der Waals surface area (Å²) in [5, 5.41) is 11.1. The Hall–Kier alpha value is -4.40. The Kier molecular flexibility index (Phi) is 10.1. The van der Waals surface area contributed by atoms with Gasteiger partial charge in [-0.15, -0.1) is 0 Å². The van der Waals surface area contributed by atoms with E-state index in [1.165, 1.54) is 4.90 Å². The molecule has 4 aromatic carbocycles. The molecule has 4 rings (SSSR count). The lowest BCUT2D eigenvalue weighted by Crippen LogP contribution is -2.46. The number of aliphatic hydroxyl groups excluding tert-OH is 1. The number of halogens is 2. The molecule has 6 nitrogen and oxygen atoms in total. The Morgan fingerprint density at radius 1 is 0.860 bits per heavy atom. The minimum atomic E-state index is -1.22. The summed E-state index contributed by atoms with van der Waals surface area (Å²) in [6, 6.07) is 20.0. The van der Waals surface area contributed by atoms with Crippen LogP contribution in [0, 0.1) is 32.4 Å². The minimum Gasteiger partial charge on any atom is -0.497 e. The van der Waals surface area contributed by atoms with Crippen LogP contribution in [0.4, 0.5) is 8.78 Å². The van der Waals surface area contributed by atoms with Gasteiger partial charge in [0.05, 0.1) is 13.2 Å². The van der Waals surface area contributed by atoms with Crippen molar-refractivity contribution in [1.29, 1.82) is 0 Å². The summed E-state index contributed by atoms with van der Waals surface area (Å²) < 4.78 is 32.8. The fraction of sp³-hybridized carbons (Fsp3) is 0.257. The van der Waals surface area contributed by atoms with Crippen molar-refractivity contribution in [3.63, 3.8) is 0 Å². The van der Waals surface area contributed by atoms with Crippen molar-refractivity contribution in [3.05, 3.63) is 135 Å². The number of hydrogen-bond donors (Lipinski definition) is 2. The third kappa shape index (κ3) is 8.12. The van der Waals surface area contributed by atoms with Crippen LogP contribution in [0.25, 0.3) is 0 Å². The first kappa shape index (κ1) is 31.5. The molecular weight excluding hydrogens is 550 g/mol. The number of carbonyl (C=O) groups excluding carboxylic acids is 2. The van der Waals surface area contributed by atoms with Crippen LogP contribution < -0.4 is 10.5 Å². The van der Waals surface area contributed by atoms with Crippen molar-refractivity contribution in [2.24, 2.45) is 5.73 Å². The maximum atomic E-state index is 14.0. The molecule has 0 bridgehead atoms. The summed E-state index contributed by atoms with van der Waals surface area (Å²) in [6.07, 6.45) is -1.22. The van der Waals surface area contributed by atoms with Crippen molar-refractivity contribution >= 4 is 11.7 Å². The molecule has 0 aromatic heterocycles. The van der Waals surface area contributed by atoms with Gasteiger partial charge in [0.25, 0.3) is 5.91 Å². The molecule has 0 heterocycles. The Balaban J connectivity index is 1.64. The van der Waals surface area contributed by atoms with Crippen LogP contribution in [-0.2, 0) is 13.0 Å². The molecule has 0 saturated carbocycles. The summed E-state index contributed by atoms with van der Waals surface area (Å²) in [7, 11) is 1.54. The van der Waals surface area contributed by atoms with E-state index in [0.717, 1.165) is 40.5 Å². The fourth-order valence-electron chi connectivity index (χ4n) is 5.06. The summed E-state index contributed by atoms with van der Waals surface area (Å²) >= 11 is 0. The smallest absolute Gasteiger partial charge is 0.254 e. The molecule has 4 aromatic rings. The van der Waals surface area contributed by atoms with Crippen LogP contribution in [0.3, 0.4) is 0 Å². The first-order valence-electron chi connectivity index (χ1n) is 14.0. The summed E-state index contributed by atoms with van der Waals surface area (Å²) in [4.78, 5) is 29.0. The van der Waals surface area contributed by atoms with E-state index in [0.29, 0.717) is 22.4 Å². The van der Waals surface area contributed by atoms with E-state index >= 15 is 0 Å². The van der Waals surface area contributed by atoms with Crippen molar-refractivity contribution in [2.75, 3.05) is 13.7 Å². The number of benzene rings is 4. The number of hydrogen-bond acceptors (Lipinski definition) is 5. The number of carbonyl (C=O) groups is 2. The lowest BCUT2D eigenvalue weighted by molar-refractivity contribution is 0.0554. The third-order valence-corrected chi connectivity index (χ3v) is 7.31. The molecule has 0 aliphatic rings. The first-order valence-corrected chi connectivity index (χ1v) is 14.0. The molecule has 2 atom stereocenters. The average Bonchev–Trinajstić information content (AvgIpc) is 2.96. The number of nitrogens with two attached hydrogens (primary N) is 1. The molecule has 0 aliphatic carbocycles. The van der Waals surface area contributed by atoms with Gasteiger partial charge >= 0.3 is 0 Å². The Labute approximate surface area is 250 Å². The zero-order valence-electron chi connectivity index (χ0n) is 24.7. The quantitative estimate of drug-likeness (QED) is 0.220. The monoisotopic (exact) mass is 586 g/mol. The van der Waals surface area contributed by atoms with Crippen molar-refractivity contribution in [3.8, 4) is 5.75 Å².